The summed E-state index contributed by atoms with van der Waals surface area (Å²) in [5.74, 6) is -0.944. The van der Waals surface area contributed by atoms with Crippen LogP contribution in [0.1, 0.15) is 33.8 Å². The van der Waals surface area contributed by atoms with Crippen molar-refractivity contribution in [3.63, 3.8) is 0 Å². The van der Waals surface area contributed by atoms with Gasteiger partial charge in [0, 0.05) is 37.4 Å². The molecule has 154 valence electrons. The molecule has 0 aliphatic carbocycles. The van der Waals surface area contributed by atoms with Gasteiger partial charge in [-0.05, 0) is 60.7 Å². The fraction of sp³-hybridized carbons (Fsp3) is 0.227. The Bertz CT molecular complexity index is 1040. The van der Waals surface area contributed by atoms with Gasteiger partial charge in [0.15, 0.2) is 5.11 Å². The van der Waals surface area contributed by atoms with Gasteiger partial charge in [-0.15, -0.1) is 0 Å². The summed E-state index contributed by atoms with van der Waals surface area (Å²) in [6.07, 6.45) is 3.75. The molecule has 0 amide bonds. The molecule has 2 aromatic heterocycles. The molecule has 8 heteroatoms. The van der Waals surface area contributed by atoms with Crippen LogP contribution in [0.5, 0.6) is 0 Å². The standard InChI is InChI=1S/C22H22N4O3S/c1-29-14-13-26-20(19(24-22(26)30)17-5-2-3-11-23-17)18-6-4-12-25(18)16-9-7-15(8-10-16)21(27)28/h2-12,19-20H,13-14H2,1H3,(H,24,30)(H,27,28). The van der Waals surface area contributed by atoms with Gasteiger partial charge in [0.25, 0.3) is 0 Å². The molecule has 3 aromatic rings. The Balaban J connectivity index is 1.76. The van der Waals surface area contributed by atoms with Gasteiger partial charge in [0.1, 0.15) is 0 Å². The first kappa shape index (κ1) is 20.1. The maximum atomic E-state index is 11.2. The van der Waals surface area contributed by atoms with E-state index in [1.807, 2.05) is 42.6 Å². The number of nitrogens with zero attached hydrogens (tertiary/aromatic N) is 3. The molecule has 1 aromatic carbocycles. The Morgan fingerprint density at radius 2 is 2.00 bits per heavy atom. The normalized spacial score (nSPS) is 18.4. The van der Waals surface area contributed by atoms with Crippen LogP contribution in [0.15, 0.2) is 67.0 Å². The number of hydrogen-bond donors (Lipinski definition) is 2. The van der Waals surface area contributed by atoms with Gasteiger partial charge in [-0.1, -0.05) is 6.07 Å². The number of carbonyl (C=O) groups is 1. The maximum Gasteiger partial charge on any atom is 0.335 e. The molecule has 2 N–H and O–H groups in total. The number of ether oxygens (including phenoxy) is 1. The lowest BCUT2D eigenvalue weighted by Gasteiger charge is -2.28. The van der Waals surface area contributed by atoms with E-state index >= 15 is 0 Å². The molecule has 2 unspecified atom stereocenters. The topological polar surface area (TPSA) is 79.6 Å². The van der Waals surface area contributed by atoms with Crippen LogP contribution in [0.4, 0.5) is 0 Å². The molecule has 0 radical (unpaired) electrons. The number of aromatic carboxylic acids is 1. The Hall–Kier alpha value is -3.23. The van der Waals surface area contributed by atoms with Crippen LogP contribution in [-0.4, -0.2) is 50.9 Å². The zero-order valence-corrected chi connectivity index (χ0v) is 17.2. The lowest BCUT2D eigenvalue weighted by atomic mass is 10.0. The van der Waals surface area contributed by atoms with E-state index in [-0.39, 0.29) is 17.6 Å². The highest BCUT2D eigenvalue weighted by Gasteiger charge is 2.41. The molecular weight excluding hydrogens is 400 g/mol. The second-order valence-electron chi connectivity index (χ2n) is 6.97. The van der Waals surface area contributed by atoms with Crippen molar-refractivity contribution in [1.29, 1.82) is 0 Å². The molecule has 0 spiro atoms. The van der Waals surface area contributed by atoms with Crippen LogP contribution in [0.3, 0.4) is 0 Å². The van der Waals surface area contributed by atoms with Crippen molar-refractivity contribution in [3.05, 3.63) is 83.9 Å². The van der Waals surface area contributed by atoms with E-state index < -0.39 is 5.97 Å². The van der Waals surface area contributed by atoms with Crippen molar-refractivity contribution in [2.45, 2.75) is 12.1 Å². The largest absolute Gasteiger partial charge is 0.478 e. The van der Waals surface area contributed by atoms with E-state index in [1.165, 1.54) is 0 Å². The highest BCUT2D eigenvalue weighted by molar-refractivity contribution is 7.80. The second-order valence-corrected chi connectivity index (χ2v) is 7.35. The second kappa shape index (κ2) is 8.64. The van der Waals surface area contributed by atoms with Gasteiger partial charge in [0.05, 0.1) is 29.9 Å². The third-order valence-corrected chi connectivity index (χ3v) is 5.56. The predicted molar refractivity (Wildman–Crippen MR) is 117 cm³/mol. The van der Waals surface area contributed by atoms with Gasteiger partial charge in [0.2, 0.25) is 0 Å². The summed E-state index contributed by atoms with van der Waals surface area (Å²) in [7, 11) is 1.67. The quantitative estimate of drug-likeness (QED) is 0.566. The van der Waals surface area contributed by atoms with E-state index in [0.717, 1.165) is 17.1 Å². The summed E-state index contributed by atoms with van der Waals surface area (Å²) < 4.78 is 7.36. The number of hydrogen-bond acceptors (Lipinski definition) is 4. The molecule has 4 rings (SSSR count). The average Bonchev–Trinajstić information content (AvgIpc) is 3.37. The zero-order valence-electron chi connectivity index (χ0n) is 16.4. The Morgan fingerprint density at radius 3 is 2.67 bits per heavy atom. The van der Waals surface area contributed by atoms with Crippen molar-refractivity contribution in [2.24, 2.45) is 0 Å². The van der Waals surface area contributed by atoms with E-state index in [1.54, 1.807) is 25.4 Å². The highest BCUT2D eigenvalue weighted by atomic mass is 32.1. The van der Waals surface area contributed by atoms with Crippen molar-refractivity contribution in [1.82, 2.24) is 19.8 Å². The number of nitrogens with one attached hydrogen (secondary N) is 1. The fourth-order valence-electron chi connectivity index (χ4n) is 3.79. The van der Waals surface area contributed by atoms with Crippen LogP contribution in [0, 0.1) is 0 Å². The molecule has 3 heterocycles. The number of pyridine rings is 1. The minimum atomic E-state index is -0.944. The smallest absolute Gasteiger partial charge is 0.335 e. The minimum Gasteiger partial charge on any atom is -0.478 e. The van der Waals surface area contributed by atoms with Gasteiger partial charge in [-0.2, -0.15) is 0 Å². The highest BCUT2D eigenvalue weighted by Crippen LogP contribution is 2.39. The maximum absolute atomic E-state index is 11.2. The summed E-state index contributed by atoms with van der Waals surface area (Å²) in [5.41, 5.74) is 3.06. The van der Waals surface area contributed by atoms with Gasteiger partial charge in [-0.3, -0.25) is 4.98 Å². The molecular formula is C22H22N4O3S. The van der Waals surface area contributed by atoms with Crippen molar-refractivity contribution in [3.8, 4) is 5.69 Å². The van der Waals surface area contributed by atoms with Crippen LogP contribution in [-0.2, 0) is 4.74 Å². The molecule has 30 heavy (non-hydrogen) atoms. The van der Waals surface area contributed by atoms with E-state index in [2.05, 4.69) is 25.8 Å². The number of thiocarbonyl (C=S) groups is 1. The van der Waals surface area contributed by atoms with Crippen LogP contribution in [0.25, 0.3) is 5.69 Å². The molecule has 1 aliphatic rings. The summed E-state index contributed by atoms with van der Waals surface area (Å²) in [5, 5.41) is 13.3. The first-order valence-corrected chi connectivity index (χ1v) is 9.99. The summed E-state index contributed by atoms with van der Waals surface area (Å²) in [6.45, 7) is 1.18. The van der Waals surface area contributed by atoms with E-state index in [0.29, 0.717) is 18.3 Å². The third kappa shape index (κ3) is 3.79. The average molecular weight is 423 g/mol. The van der Waals surface area contributed by atoms with Crippen LogP contribution < -0.4 is 5.32 Å². The summed E-state index contributed by atoms with van der Waals surface area (Å²) >= 11 is 5.64. The number of carboxylic acids is 1. The monoisotopic (exact) mass is 422 g/mol. The number of carboxylic acid groups (broad SMARTS) is 1. The molecule has 1 fully saturated rings. The molecule has 0 bridgehead atoms. The van der Waals surface area contributed by atoms with Gasteiger partial charge >= 0.3 is 5.97 Å². The molecule has 2 atom stereocenters. The van der Waals surface area contributed by atoms with E-state index in [4.69, 9.17) is 17.0 Å². The van der Waals surface area contributed by atoms with Crippen molar-refractivity contribution in [2.75, 3.05) is 20.3 Å². The summed E-state index contributed by atoms with van der Waals surface area (Å²) in [6, 6.07) is 16.5. The fourth-order valence-corrected chi connectivity index (χ4v) is 4.12. The molecule has 7 nitrogen and oxygen atoms in total. The summed E-state index contributed by atoms with van der Waals surface area (Å²) in [4.78, 5) is 17.9. The van der Waals surface area contributed by atoms with Gasteiger partial charge < -0.3 is 24.6 Å². The lowest BCUT2D eigenvalue weighted by molar-refractivity contribution is 0.0697. The number of rotatable bonds is 7. The number of benzene rings is 1. The third-order valence-electron chi connectivity index (χ3n) is 5.21. The molecule has 1 saturated heterocycles. The molecule has 0 saturated carbocycles. The minimum absolute atomic E-state index is 0.100. The van der Waals surface area contributed by atoms with Crippen molar-refractivity contribution < 1.29 is 14.6 Å². The first-order chi connectivity index (χ1) is 14.6. The SMILES string of the molecule is COCCN1C(=S)NC(c2ccccn2)C1c1cccn1-c1ccc(C(=O)O)cc1. The lowest BCUT2D eigenvalue weighted by Crippen LogP contribution is -2.33. The number of aromatic nitrogens is 2. The Labute approximate surface area is 179 Å². The Kier molecular flexibility index (Phi) is 5.78. The zero-order chi connectivity index (χ0) is 21.1. The Morgan fingerprint density at radius 1 is 1.20 bits per heavy atom. The van der Waals surface area contributed by atoms with Crippen LogP contribution in [0.2, 0.25) is 0 Å². The van der Waals surface area contributed by atoms with Crippen molar-refractivity contribution >= 4 is 23.3 Å². The van der Waals surface area contributed by atoms with Crippen LogP contribution >= 0.6 is 12.2 Å². The first-order valence-electron chi connectivity index (χ1n) is 9.58. The predicted octanol–water partition coefficient (Wildman–Crippen LogP) is 3.19. The number of methoxy groups -OCH3 is 1. The molecule has 1 aliphatic heterocycles. The van der Waals surface area contributed by atoms with Gasteiger partial charge in [-0.25, -0.2) is 4.79 Å². The van der Waals surface area contributed by atoms with E-state index in [9.17, 15) is 9.90 Å².